The molecule has 1 fully saturated rings. The first-order chi connectivity index (χ1) is 9.15. The van der Waals surface area contributed by atoms with Crippen LogP contribution in [0.5, 0.6) is 0 Å². The molecule has 1 aromatic heterocycles. The molecular weight excluding hydrogens is 260 g/mol. The number of hydrogen-bond acceptors (Lipinski definition) is 5. The number of nitrogens with zero attached hydrogens (tertiary/aromatic N) is 2. The van der Waals surface area contributed by atoms with Crippen LogP contribution in [0.2, 0.25) is 0 Å². The molecule has 2 heterocycles. The van der Waals surface area contributed by atoms with Gasteiger partial charge in [-0.05, 0) is 25.7 Å². The molecule has 1 saturated heterocycles. The zero-order valence-electron chi connectivity index (χ0n) is 12.1. The molecule has 0 saturated carbocycles. The van der Waals surface area contributed by atoms with Gasteiger partial charge in [0.25, 0.3) is 0 Å². The summed E-state index contributed by atoms with van der Waals surface area (Å²) in [5.74, 6) is 0.361. The third-order valence-corrected chi connectivity index (χ3v) is 4.57. The van der Waals surface area contributed by atoms with E-state index in [0.29, 0.717) is 12.0 Å². The molecule has 1 aliphatic heterocycles. The maximum Gasteiger partial charge on any atom is 0.185 e. The smallest absolute Gasteiger partial charge is 0.185 e. The highest BCUT2D eigenvalue weighted by atomic mass is 32.1. The van der Waals surface area contributed by atoms with Gasteiger partial charge in [-0.2, -0.15) is 0 Å². The lowest BCUT2D eigenvalue weighted by Crippen LogP contribution is -2.39. The minimum Gasteiger partial charge on any atom is -0.391 e. The number of aliphatic hydroxyl groups excluding tert-OH is 1. The molecule has 4 nitrogen and oxygen atoms in total. The van der Waals surface area contributed by atoms with Crippen LogP contribution in [0.4, 0.5) is 5.13 Å². The minimum atomic E-state index is 0.0912. The topological polar surface area (TPSA) is 45.6 Å². The first-order valence-corrected chi connectivity index (χ1v) is 7.94. The molecule has 0 bridgehead atoms. The lowest BCUT2D eigenvalue weighted by Gasteiger charge is -2.32. The van der Waals surface area contributed by atoms with Crippen molar-refractivity contribution in [2.24, 2.45) is 0 Å². The van der Waals surface area contributed by atoms with Crippen LogP contribution in [0.3, 0.4) is 0 Å². The van der Waals surface area contributed by atoms with E-state index in [2.05, 4.69) is 18.7 Å². The maximum atomic E-state index is 9.44. The van der Waals surface area contributed by atoms with E-state index in [9.17, 15) is 5.11 Å². The summed E-state index contributed by atoms with van der Waals surface area (Å²) in [5, 5.41) is 10.5. The molecule has 1 N–H and O–H groups in total. The van der Waals surface area contributed by atoms with Crippen LogP contribution in [0.15, 0.2) is 0 Å². The zero-order valence-corrected chi connectivity index (χ0v) is 12.9. The molecular formula is C14H24N2O2S. The van der Waals surface area contributed by atoms with Gasteiger partial charge >= 0.3 is 0 Å². The number of rotatable bonds is 5. The number of thiazole rings is 1. The maximum absolute atomic E-state index is 9.44. The van der Waals surface area contributed by atoms with Crippen molar-refractivity contribution in [1.82, 2.24) is 4.98 Å². The normalized spacial score (nSPS) is 20.3. The summed E-state index contributed by atoms with van der Waals surface area (Å²) in [6, 6.07) is 0. The van der Waals surface area contributed by atoms with Gasteiger partial charge in [-0.1, -0.05) is 25.2 Å². The van der Waals surface area contributed by atoms with Crippen LogP contribution >= 0.6 is 11.3 Å². The van der Waals surface area contributed by atoms with Crippen molar-refractivity contribution < 1.29 is 9.84 Å². The third-order valence-electron chi connectivity index (χ3n) is 3.46. The molecule has 0 spiro atoms. The van der Waals surface area contributed by atoms with Gasteiger partial charge in [0.05, 0.1) is 23.3 Å². The fourth-order valence-corrected chi connectivity index (χ4v) is 3.64. The van der Waals surface area contributed by atoms with Crippen LogP contribution in [0, 0.1) is 0 Å². The van der Waals surface area contributed by atoms with Crippen molar-refractivity contribution in [3.05, 3.63) is 10.6 Å². The van der Waals surface area contributed by atoms with Crippen molar-refractivity contribution in [3.63, 3.8) is 0 Å². The molecule has 0 aromatic carbocycles. The second-order valence-electron chi connectivity index (χ2n) is 5.28. The Hall–Kier alpha value is -0.650. The number of aliphatic hydroxyl groups is 1. The van der Waals surface area contributed by atoms with Crippen LogP contribution in [0.1, 0.15) is 50.1 Å². The fourth-order valence-electron chi connectivity index (χ4n) is 2.53. The van der Waals surface area contributed by atoms with Gasteiger partial charge in [-0.3, -0.25) is 0 Å². The largest absolute Gasteiger partial charge is 0.391 e. The monoisotopic (exact) mass is 284 g/mol. The highest BCUT2D eigenvalue weighted by Crippen LogP contribution is 2.32. The quantitative estimate of drug-likeness (QED) is 0.903. The SMILES string of the molecule is CCOC1CCCN(c2nc(C(C)C)c(CO)s2)C1. The molecule has 19 heavy (non-hydrogen) atoms. The Bertz CT molecular complexity index is 404. The lowest BCUT2D eigenvalue weighted by molar-refractivity contribution is 0.0526. The molecule has 0 aliphatic carbocycles. The number of aromatic nitrogens is 1. The van der Waals surface area contributed by atoms with Crippen molar-refractivity contribution in [3.8, 4) is 0 Å². The first-order valence-electron chi connectivity index (χ1n) is 7.12. The van der Waals surface area contributed by atoms with E-state index >= 15 is 0 Å². The average Bonchev–Trinajstić information content (AvgIpc) is 2.84. The molecule has 1 unspecified atom stereocenters. The lowest BCUT2D eigenvalue weighted by atomic mass is 10.1. The Labute approximate surface area is 119 Å². The Morgan fingerprint density at radius 3 is 2.89 bits per heavy atom. The highest BCUT2D eigenvalue weighted by molar-refractivity contribution is 7.15. The Kier molecular flexibility index (Phi) is 5.19. The summed E-state index contributed by atoms with van der Waals surface area (Å²) in [5.41, 5.74) is 1.04. The zero-order chi connectivity index (χ0) is 13.8. The molecule has 1 aliphatic rings. The van der Waals surface area contributed by atoms with E-state index in [-0.39, 0.29) is 6.61 Å². The van der Waals surface area contributed by atoms with Crippen molar-refractivity contribution in [2.75, 3.05) is 24.6 Å². The summed E-state index contributed by atoms with van der Waals surface area (Å²) in [7, 11) is 0. The van der Waals surface area contributed by atoms with Gasteiger partial charge in [0, 0.05) is 19.7 Å². The molecule has 1 atom stereocenters. The van der Waals surface area contributed by atoms with Crippen molar-refractivity contribution in [1.29, 1.82) is 0 Å². The summed E-state index contributed by atoms with van der Waals surface area (Å²) in [6.07, 6.45) is 2.61. The number of ether oxygens (including phenoxy) is 1. The summed E-state index contributed by atoms with van der Waals surface area (Å²) >= 11 is 1.62. The van der Waals surface area contributed by atoms with Gasteiger partial charge in [0.2, 0.25) is 0 Å². The van der Waals surface area contributed by atoms with Crippen LogP contribution < -0.4 is 4.90 Å². The van der Waals surface area contributed by atoms with Crippen molar-refractivity contribution >= 4 is 16.5 Å². The second-order valence-corrected chi connectivity index (χ2v) is 6.35. The van der Waals surface area contributed by atoms with Crippen molar-refractivity contribution in [2.45, 2.75) is 52.2 Å². The van der Waals surface area contributed by atoms with Crippen LogP contribution in [-0.2, 0) is 11.3 Å². The minimum absolute atomic E-state index is 0.0912. The van der Waals surface area contributed by atoms with Crippen LogP contribution in [0.25, 0.3) is 0 Å². The fraction of sp³-hybridized carbons (Fsp3) is 0.786. The van der Waals surface area contributed by atoms with E-state index in [0.717, 1.165) is 48.2 Å². The van der Waals surface area contributed by atoms with E-state index in [1.165, 1.54) is 0 Å². The number of hydrogen-bond donors (Lipinski definition) is 1. The van der Waals surface area contributed by atoms with E-state index in [1.807, 2.05) is 6.92 Å². The molecule has 0 radical (unpaired) electrons. The Morgan fingerprint density at radius 2 is 2.32 bits per heavy atom. The van der Waals surface area contributed by atoms with Gasteiger partial charge in [-0.25, -0.2) is 4.98 Å². The Balaban J connectivity index is 2.12. The predicted octanol–water partition coefficient (Wildman–Crippen LogP) is 2.76. The number of piperidine rings is 1. The van der Waals surface area contributed by atoms with E-state index < -0.39 is 0 Å². The Morgan fingerprint density at radius 1 is 1.53 bits per heavy atom. The third kappa shape index (κ3) is 3.46. The molecule has 108 valence electrons. The standard InChI is InChI=1S/C14H24N2O2S/c1-4-18-11-6-5-7-16(8-11)14-15-13(10(2)3)12(9-17)19-14/h10-11,17H,4-9H2,1-3H3. The average molecular weight is 284 g/mol. The second kappa shape index (κ2) is 6.68. The summed E-state index contributed by atoms with van der Waals surface area (Å²) in [6.45, 7) is 9.12. The molecule has 5 heteroatoms. The van der Waals surface area contributed by atoms with Crippen LogP contribution in [-0.4, -0.2) is 35.9 Å². The van der Waals surface area contributed by atoms with E-state index in [1.54, 1.807) is 11.3 Å². The number of anilines is 1. The molecule has 0 amide bonds. The highest BCUT2D eigenvalue weighted by Gasteiger charge is 2.24. The predicted molar refractivity (Wildman–Crippen MR) is 79.0 cm³/mol. The summed E-state index contributed by atoms with van der Waals surface area (Å²) < 4.78 is 5.73. The van der Waals surface area contributed by atoms with E-state index in [4.69, 9.17) is 9.72 Å². The first kappa shape index (κ1) is 14.8. The molecule has 2 rings (SSSR count). The van der Waals surface area contributed by atoms with Gasteiger partial charge in [0.15, 0.2) is 5.13 Å². The molecule has 1 aromatic rings. The van der Waals surface area contributed by atoms with Gasteiger partial charge in [-0.15, -0.1) is 0 Å². The van der Waals surface area contributed by atoms with Gasteiger partial charge < -0.3 is 14.7 Å². The summed E-state index contributed by atoms with van der Waals surface area (Å²) in [4.78, 5) is 8.04. The van der Waals surface area contributed by atoms with Gasteiger partial charge in [0.1, 0.15) is 0 Å².